The molecular weight excluding hydrogens is 209 g/mol. The maximum Gasteiger partial charge on any atom is 0.136 e. The van der Waals surface area contributed by atoms with Gasteiger partial charge in [0, 0.05) is 17.1 Å². The standard InChI is InChI=1S/C12H10FNS/c1-2-10(13)12-7-9(8-15-12)11-5-3-4-6-14-11/h2-8H,1H3/b10-2+. The van der Waals surface area contributed by atoms with E-state index in [0.29, 0.717) is 4.88 Å². The largest absolute Gasteiger partial charge is 0.256 e. The van der Waals surface area contributed by atoms with Crippen LogP contribution in [-0.4, -0.2) is 4.98 Å². The number of pyridine rings is 1. The van der Waals surface area contributed by atoms with Gasteiger partial charge in [-0.15, -0.1) is 11.3 Å². The minimum Gasteiger partial charge on any atom is -0.256 e. The van der Waals surface area contributed by atoms with E-state index >= 15 is 0 Å². The fourth-order valence-electron chi connectivity index (χ4n) is 1.27. The van der Waals surface area contributed by atoms with Crippen LogP contribution in [0.5, 0.6) is 0 Å². The van der Waals surface area contributed by atoms with Crippen molar-refractivity contribution in [3.05, 3.63) is 46.8 Å². The molecule has 0 amide bonds. The SMILES string of the molecule is C/C=C(/F)c1cc(-c2ccccn2)cs1. The third-order valence-electron chi connectivity index (χ3n) is 2.05. The average molecular weight is 219 g/mol. The number of hydrogen-bond donors (Lipinski definition) is 0. The Labute approximate surface area is 91.9 Å². The molecule has 1 nitrogen and oxygen atoms in total. The van der Waals surface area contributed by atoms with Crippen LogP contribution >= 0.6 is 11.3 Å². The molecule has 76 valence electrons. The van der Waals surface area contributed by atoms with Gasteiger partial charge in [-0.1, -0.05) is 12.1 Å². The van der Waals surface area contributed by atoms with E-state index in [-0.39, 0.29) is 5.83 Å². The van der Waals surface area contributed by atoms with E-state index in [4.69, 9.17) is 0 Å². The van der Waals surface area contributed by atoms with Crippen molar-refractivity contribution < 1.29 is 4.39 Å². The van der Waals surface area contributed by atoms with Gasteiger partial charge in [-0.25, -0.2) is 4.39 Å². The first-order valence-corrected chi connectivity index (χ1v) is 5.51. The first kappa shape index (κ1) is 10.1. The van der Waals surface area contributed by atoms with Crippen molar-refractivity contribution in [3.63, 3.8) is 0 Å². The normalized spacial score (nSPS) is 11.7. The Bertz CT molecular complexity index is 473. The molecule has 0 atom stereocenters. The van der Waals surface area contributed by atoms with Crippen molar-refractivity contribution in [1.82, 2.24) is 4.98 Å². The van der Waals surface area contributed by atoms with Gasteiger partial charge in [0.2, 0.25) is 0 Å². The number of hydrogen-bond acceptors (Lipinski definition) is 2. The van der Waals surface area contributed by atoms with Crippen LogP contribution in [0.4, 0.5) is 4.39 Å². The number of halogens is 1. The summed E-state index contributed by atoms with van der Waals surface area (Å²) in [6, 6.07) is 7.52. The molecule has 2 heterocycles. The molecule has 2 aromatic heterocycles. The molecule has 15 heavy (non-hydrogen) atoms. The molecule has 2 aromatic rings. The fourth-order valence-corrected chi connectivity index (χ4v) is 2.14. The quantitative estimate of drug-likeness (QED) is 0.739. The molecule has 3 heteroatoms. The predicted octanol–water partition coefficient (Wildman–Crippen LogP) is 4.14. The van der Waals surface area contributed by atoms with Gasteiger partial charge in [0.1, 0.15) is 5.83 Å². The van der Waals surface area contributed by atoms with E-state index in [2.05, 4.69) is 4.98 Å². The molecule has 0 saturated heterocycles. The molecule has 2 rings (SSSR count). The van der Waals surface area contributed by atoms with Crippen LogP contribution in [0.2, 0.25) is 0 Å². The summed E-state index contributed by atoms with van der Waals surface area (Å²) in [7, 11) is 0. The minimum absolute atomic E-state index is 0.179. The van der Waals surface area contributed by atoms with Gasteiger partial charge < -0.3 is 0 Å². The van der Waals surface area contributed by atoms with Crippen LogP contribution in [0.15, 0.2) is 41.9 Å². The Balaban J connectivity index is 2.36. The van der Waals surface area contributed by atoms with Crippen LogP contribution < -0.4 is 0 Å². The molecular formula is C12H10FNS. The lowest BCUT2D eigenvalue weighted by Crippen LogP contribution is -1.77. The van der Waals surface area contributed by atoms with E-state index in [1.807, 2.05) is 29.6 Å². The highest BCUT2D eigenvalue weighted by Gasteiger charge is 2.05. The van der Waals surface area contributed by atoms with Gasteiger partial charge in [0.25, 0.3) is 0 Å². The van der Waals surface area contributed by atoms with Gasteiger partial charge in [0.15, 0.2) is 0 Å². The van der Waals surface area contributed by atoms with Crippen molar-refractivity contribution in [2.75, 3.05) is 0 Å². The molecule has 0 N–H and O–H groups in total. The van der Waals surface area contributed by atoms with E-state index in [1.165, 1.54) is 17.4 Å². The molecule has 0 fully saturated rings. The third-order valence-corrected chi connectivity index (χ3v) is 2.99. The molecule has 0 unspecified atom stereocenters. The van der Waals surface area contributed by atoms with Gasteiger partial charge >= 0.3 is 0 Å². The highest BCUT2D eigenvalue weighted by Crippen LogP contribution is 2.29. The van der Waals surface area contributed by atoms with Gasteiger partial charge in [-0.05, 0) is 25.1 Å². The Kier molecular flexibility index (Phi) is 2.92. The first-order valence-electron chi connectivity index (χ1n) is 4.63. The number of thiophene rings is 1. The second-order valence-corrected chi connectivity index (χ2v) is 3.96. The van der Waals surface area contributed by atoms with Crippen molar-refractivity contribution >= 4 is 17.2 Å². The monoisotopic (exact) mass is 219 g/mol. The number of nitrogens with zero attached hydrogens (tertiary/aromatic N) is 1. The summed E-state index contributed by atoms with van der Waals surface area (Å²) in [6.45, 7) is 1.69. The van der Waals surface area contributed by atoms with E-state index < -0.39 is 0 Å². The second-order valence-electron chi connectivity index (χ2n) is 3.05. The Hall–Kier alpha value is -1.48. The summed E-state index contributed by atoms with van der Waals surface area (Å²) in [5.41, 5.74) is 1.84. The molecule has 0 aliphatic carbocycles. The van der Waals surface area contributed by atoms with Crippen LogP contribution in [-0.2, 0) is 0 Å². The topological polar surface area (TPSA) is 12.9 Å². The highest BCUT2D eigenvalue weighted by atomic mass is 32.1. The zero-order chi connectivity index (χ0) is 10.7. The lowest BCUT2D eigenvalue weighted by Gasteiger charge is -1.93. The molecule has 0 saturated carbocycles. The molecule has 0 spiro atoms. The van der Waals surface area contributed by atoms with Crippen LogP contribution in [0.3, 0.4) is 0 Å². The molecule has 0 aromatic carbocycles. The van der Waals surface area contributed by atoms with Crippen molar-refractivity contribution in [2.45, 2.75) is 6.92 Å². The van der Waals surface area contributed by atoms with Crippen molar-refractivity contribution in [3.8, 4) is 11.3 Å². The summed E-state index contributed by atoms with van der Waals surface area (Å²) in [5.74, 6) is -0.179. The Morgan fingerprint density at radius 3 is 3.00 bits per heavy atom. The molecule has 0 radical (unpaired) electrons. The van der Waals surface area contributed by atoms with Crippen molar-refractivity contribution in [2.24, 2.45) is 0 Å². The van der Waals surface area contributed by atoms with Crippen LogP contribution in [0.1, 0.15) is 11.8 Å². The number of aromatic nitrogens is 1. The molecule has 0 bridgehead atoms. The maximum absolute atomic E-state index is 13.2. The zero-order valence-electron chi connectivity index (χ0n) is 8.27. The predicted molar refractivity (Wildman–Crippen MR) is 62.3 cm³/mol. The second kappa shape index (κ2) is 4.36. The van der Waals surface area contributed by atoms with E-state index in [0.717, 1.165) is 11.3 Å². The first-order chi connectivity index (χ1) is 7.31. The maximum atomic E-state index is 13.2. The Morgan fingerprint density at radius 2 is 2.33 bits per heavy atom. The molecule has 0 aliphatic heterocycles. The number of allylic oxidation sites excluding steroid dienone is 1. The summed E-state index contributed by atoms with van der Waals surface area (Å²) in [6.07, 6.45) is 3.20. The fraction of sp³-hybridized carbons (Fsp3) is 0.0833. The number of rotatable bonds is 2. The lowest BCUT2D eigenvalue weighted by molar-refractivity contribution is 0.762. The average Bonchev–Trinajstić information content (AvgIpc) is 2.78. The summed E-state index contributed by atoms with van der Waals surface area (Å²) in [5, 5.41) is 1.92. The van der Waals surface area contributed by atoms with Crippen LogP contribution in [0, 0.1) is 0 Å². The highest BCUT2D eigenvalue weighted by molar-refractivity contribution is 7.11. The van der Waals surface area contributed by atoms with Crippen molar-refractivity contribution in [1.29, 1.82) is 0 Å². The minimum atomic E-state index is -0.179. The Morgan fingerprint density at radius 1 is 1.47 bits per heavy atom. The van der Waals surface area contributed by atoms with Gasteiger partial charge in [-0.3, -0.25) is 4.98 Å². The van der Waals surface area contributed by atoms with Crippen LogP contribution in [0.25, 0.3) is 17.1 Å². The molecule has 0 aliphatic rings. The van der Waals surface area contributed by atoms with E-state index in [9.17, 15) is 4.39 Å². The smallest absolute Gasteiger partial charge is 0.136 e. The van der Waals surface area contributed by atoms with Gasteiger partial charge in [-0.2, -0.15) is 0 Å². The zero-order valence-corrected chi connectivity index (χ0v) is 9.09. The third kappa shape index (κ3) is 2.13. The summed E-state index contributed by atoms with van der Waals surface area (Å²) >= 11 is 1.39. The lowest BCUT2D eigenvalue weighted by atomic mass is 10.2. The summed E-state index contributed by atoms with van der Waals surface area (Å²) in [4.78, 5) is 4.86. The summed E-state index contributed by atoms with van der Waals surface area (Å²) < 4.78 is 13.2. The van der Waals surface area contributed by atoms with E-state index in [1.54, 1.807) is 13.1 Å². The van der Waals surface area contributed by atoms with Gasteiger partial charge in [0.05, 0.1) is 10.6 Å².